The first-order chi connectivity index (χ1) is 9.85. The zero-order chi connectivity index (χ0) is 15.5. The van der Waals surface area contributed by atoms with Crippen molar-refractivity contribution in [2.75, 3.05) is 51.8 Å². The lowest BCUT2D eigenvalue weighted by Crippen LogP contribution is -2.49. The van der Waals surface area contributed by atoms with E-state index in [0.29, 0.717) is 18.9 Å². The number of nitrogens with zero attached hydrogens (tertiary/aromatic N) is 2. The summed E-state index contributed by atoms with van der Waals surface area (Å²) in [6.07, 6.45) is 2.39. The number of piperidine rings is 1. The minimum atomic E-state index is -2.97. The Morgan fingerprint density at radius 1 is 1.29 bits per heavy atom. The van der Waals surface area contributed by atoms with Crippen molar-refractivity contribution in [3.63, 3.8) is 0 Å². The molecule has 0 radical (unpaired) electrons. The van der Waals surface area contributed by atoms with Crippen LogP contribution in [0.1, 0.15) is 19.3 Å². The second-order valence-corrected chi connectivity index (χ2v) is 8.78. The Hall–Kier alpha value is -0.660. The number of hydrogen-bond acceptors (Lipinski definition) is 5. The number of nitrogens with one attached hydrogen (secondary N) is 1. The van der Waals surface area contributed by atoms with Gasteiger partial charge in [-0.05, 0) is 32.9 Å². The molecule has 2 aliphatic heterocycles. The van der Waals surface area contributed by atoms with E-state index in [1.807, 2.05) is 4.90 Å². The highest BCUT2D eigenvalue weighted by Crippen LogP contribution is 2.19. The minimum Gasteiger partial charge on any atom is -0.343 e. The van der Waals surface area contributed by atoms with Crippen molar-refractivity contribution in [1.29, 1.82) is 0 Å². The molecule has 7 heteroatoms. The van der Waals surface area contributed by atoms with Gasteiger partial charge >= 0.3 is 0 Å². The van der Waals surface area contributed by atoms with Gasteiger partial charge in [-0.25, -0.2) is 8.42 Å². The Kier molecular flexibility index (Phi) is 5.62. The van der Waals surface area contributed by atoms with Crippen LogP contribution in [-0.4, -0.2) is 81.9 Å². The van der Waals surface area contributed by atoms with Crippen LogP contribution in [0.2, 0.25) is 0 Å². The maximum atomic E-state index is 12.3. The van der Waals surface area contributed by atoms with Gasteiger partial charge in [-0.2, -0.15) is 0 Å². The van der Waals surface area contributed by atoms with Crippen molar-refractivity contribution in [1.82, 2.24) is 15.1 Å². The van der Waals surface area contributed by atoms with E-state index in [2.05, 4.69) is 24.3 Å². The summed E-state index contributed by atoms with van der Waals surface area (Å²) in [5, 5.41) is 3.15. The van der Waals surface area contributed by atoms with Crippen LogP contribution in [-0.2, 0) is 14.6 Å². The monoisotopic (exact) mass is 317 g/mol. The quantitative estimate of drug-likeness (QED) is 0.761. The molecule has 0 aliphatic carbocycles. The molecule has 1 atom stereocenters. The van der Waals surface area contributed by atoms with Crippen LogP contribution in [0.15, 0.2) is 0 Å². The van der Waals surface area contributed by atoms with E-state index in [-0.39, 0.29) is 23.5 Å². The van der Waals surface area contributed by atoms with Gasteiger partial charge in [0.05, 0.1) is 11.5 Å². The number of sulfone groups is 1. The van der Waals surface area contributed by atoms with E-state index < -0.39 is 9.84 Å². The molecule has 2 saturated heterocycles. The molecule has 122 valence electrons. The average Bonchev–Trinajstić information content (AvgIpc) is 2.37. The minimum absolute atomic E-state index is 0.0907. The molecule has 0 aromatic heterocycles. The Bertz CT molecular complexity index is 456. The van der Waals surface area contributed by atoms with Gasteiger partial charge in [-0.15, -0.1) is 0 Å². The molecule has 0 saturated carbocycles. The molecule has 6 nitrogen and oxygen atoms in total. The van der Waals surface area contributed by atoms with E-state index in [1.165, 1.54) is 0 Å². The Morgan fingerprint density at radius 2 is 1.95 bits per heavy atom. The van der Waals surface area contributed by atoms with E-state index in [0.717, 1.165) is 32.5 Å². The average molecular weight is 317 g/mol. The maximum absolute atomic E-state index is 12.3. The maximum Gasteiger partial charge on any atom is 0.224 e. The lowest BCUT2D eigenvalue weighted by molar-refractivity contribution is -0.133. The number of carbonyl (C=O) groups is 1. The third kappa shape index (κ3) is 5.23. The summed E-state index contributed by atoms with van der Waals surface area (Å²) in [5.41, 5.74) is 0. The molecule has 2 fully saturated rings. The van der Waals surface area contributed by atoms with Gasteiger partial charge in [-0.1, -0.05) is 0 Å². The summed E-state index contributed by atoms with van der Waals surface area (Å²) >= 11 is 0. The molecule has 2 rings (SSSR count). The highest BCUT2D eigenvalue weighted by atomic mass is 32.2. The molecule has 1 N–H and O–H groups in total. The Balaban J connectivity index is 1.77. The highest BCUT2D eigenvalue weighted by Gasteiger charge is 2.29. The second kappa shape index (κ2) is 7.07. The van der Waals surface area contributed by atoms with Gasteiger partial charge in [0.25, 0.3) is 0 Å². The number of carbonyl (C=O) groups excluding carboxylic acids is 1. The molecule has 2 heterocycles. The molecule has 21 heavy (non-hydrogen) atoms. The topological polar surface area (TPSA) is 69.7 Å². The van der Waals surface area contributed by atoms with Gasteiger partial charge in [0.1, 0.15) is 0 Å². The molecule has 0 spiro atoms. The standard InChI is InChI=1S/C14H27N3O3S/c1-16(2)10-12-3-6-17(7-4-12)14(18)9-13-11-21(19,20)8-5-15-13/h12-13,15H,3-11H2,1-2H3. The number of likely N-dealkylation sites (tertiary alicyclic amines) is 1. The van der Waals surface area contributed by atoms with Crippen LogP contribution in [0.3, 0.4) is 0 Å². The van der Waals surface area contributed by atoms with Crippen molar-refractivity contribution < 1.29 is 13.2 Å². The first kappa shape index (κ1) is 16.7. The van der Waals surface area contributed by atoms with Crippen LogP contribution in [0, 0.1) is 5.92 Å². The van der Waals surface area contributed by atoms with E-state index in [4.69, 9.17) is 0 Å². The van der Waals surface area contributed by atoms with Crippen molar-refractivity contribution >= 4 is 15.7 Å². The van der Waals surface area contributed by atoms with E-state index in [9.17, 15) is 13.2 Å². The summed E-state index contributed by atoms with van der Waals surface area (Å²) in [5.74, 6) is 1.04. The molecule has 0 bridgehead atoms. The van der Waals surface area contributed by atoms with Crippen molar-refractivity contribution in [3.8, 4) is 0 Å². The molecular weight excluding hydrogens is 290 g/mol. The van der Waals surface area contributed by atoms with Crippen molar-refractivity contribution in [2.45, 2.75) is 25.3 Å². The molecule has 0 aromatic carbocycles. The molecule has 1 amide bonds. The lowest BCUT2D eigenvalue weighted by atomic mass is 9.96. The largest absolute Gasteiger partial charge is 0.343 e. The zero-order valence-electron chi connectivity index (χ0n) is 13.0. The van der Waals surface area contributed by atoms with Gasteiger partial charge in [-0.3, -0.25) is 4.79 Å². The van der Waals surface area contributed by atoms with Gasteiger partial charge in [0.2, 0.25) is 5.91 Å². The fourth-order valence-electron chi connectivity index (χ4n) is 3.22. The zero-order valence-corrected chi connectivity index (χ0v) is 13.9. The Labute approximate surface area is 127 Å². The van der Waals surface area contributed by atoms with E-state index >= 15 is 0 Å². The predicted octanol–water partition coefficient (Wildman–Crippen LogP) is -0.437. The first-order valence-corrected chi connectivity index (χ1v) is 9.54. The third-order valence-electron chi connectivity index (χ3n) is 4.31. The van der Waals surface area contributed by atoms with Crippen LogP contribution >= 0.6 is 0 Å². The SMILES string of the molecule is CN(C)CC1CCN(C(=O)CC2CS(=O)(=O)CCN2)CC1. The lowest BCUT2D eigenvalue weighted by Gasteiger charge is -2.34. The molecule has 1 unspecified atom stereocenters. The highest BCUT2D eigenvalue weighted by molar-refractivity contribution is 7.91. The van der Waals surface area contributed by atoms with Crippen LogP contribution in [0.5, 0.6) is 0 Å². The molecule has 0 aromatic rings. The number of rotatable bonds is 4. The van der Waals surface area contributed by atoms with Crippen LogP contribution in [0.4, 0.5) is 0 Å². The van der Waals surface area contributed by atoms with E-state index in [1.54, 1.807) is 0 Å². The van der Waals surface area contributed by atoms with Crippen LogP contribution in [0.25, 0.3) is 0 Å². The third-order valence-corrected chi connectivity index (χ3v) is 6.05. The van der Waals surface area contributed by atoms with Gasteiger partial charge < -0.3 is 15.1 Å². The van der Waals surface area contributed by atoms with Gasteiger partial charge in [0.15, 0.2) is 9.84 Å². The van der Waals surface area contributed by atoms with Crippen LogP contribution < -0.4 is 5.32 Å². The fourth-order valence-corrected chi connectivity index (χ4v) is 4.66. The number of amides is 1. The Morgan fingerprint density at radius 3 is 2.52 bits per heavy atom. The summed E-state index contributed by atoms with van der Waals surface area (Å²) < 4.78 is 23.2. The summed E-state index contributed by atoms with van der Waals surface area (Å²) in [7, 11) is 1.18. The van der Waals surface area contributed by atoms with Gasteiger partial charge in [0, 0.05) is 38.6 Å². The normalized spacial score (nSPS) is 27.0. The summed E-state index contributed by atoms with van der Waals surface area (Å²) in [4.78, 5) is 16.4. The molecule has 2 aliphatic rings. The summed E-state index contributed by atoms with van der Waals surface area (Å²) in [6.45, 7) is 3.14. The van der Waals surface area contributed by atoms with Crippen molar-refractivity contribution in [2.24, 2.45) is 5.92 Å². The van der Waals surface area contributed by atoms with Crippen molar-refractivity contribution in [3.05, 3.63) is 0 Å². The second-order valence-electron chi connectivity index (χ2n) is 6.56. The summed E-state index contributed by atoms with van der Waals surface area (Å²) in [6, 6.07) is -0.212. The predicted molar refractivity (Wildman–Crippen MR) is 82.9 cm³/mol. The molecular formula is C14H27N3O3S. The first-order valence-electron chi connectivity index (χ1n) is 7.72. The smallest absolute Gasteiger partial charge is 0.224 e. The number of hydrogen-bond donors (Lipinski definition) is 1. The fraction of sp³-hybridized carbons (Fsp3) is 0.929.